The molecule has 2 saturated heterocycles. The number of nitrogens with zero attached hydrogens (tertiary/aromatic N) is 5. The number of piperidine rings is 2. The van der Waals surface area contributed by atoms with E-state index in [1.165, 1.54) is 6.42 Å². The highest BCUT2D eigenvalue weighted by molar-refractivity contribution is 6.29. The average Bonchev–Trinajstić information content (AvgIpc) is 2.78. The van der Waals surface area contributed by atoms with Crippen molar-refractivity contribution in [3.05, 3.63) is 11.2 Å². The molecule has 1 amide bonds. The Balaban J connectivity index is 1.58. The Hall–Kier alpha value is -1.76. The largest absolute Gasteiger partial charge is 0.444 e. The molecule has 2 bridgehead atoms. The number of ether oxygens (including phenoxy) is 1. The Morgan fingerprint density at radius 1 is 1.10 bits per heavy atom. The third kappa shape index (κ3) is 4.25. The summed E-state index contributed by atoms with van der Waals surface area (Å²) in [5.41, 5.74) is 0.577. The van der Waals surface area contributed by atoms with Gasteiger partial charge in [-0.15, -0.1) is 10.2 Å². The van der Waals surface area contributed by atoms with Crippen molar-refractivity contribution >= 4 is 29.2 Å². The molecule has 4 rings (SSSR count). The molecule has 0 radical (unpaired) electrons. The number of amides is 1. The van der Waals surface area contributed by atoms with Crippen molar-refractivity contribution in [3.63, 3.8) is 0 Å². The highest BCUT2D eigenvalue weighted by Crippen LogP contribution is 2.40. The maximum Gasteiger partial charge on any atom is 0.410 e. The Labute approximate surface area is 178 Å². The number of hydrogen-bond acceptors (Lipinski definition) is 6. The van der Waals surface area contributed by atoms with Crippen molar-refractivity contribution in [1.29, 1.82) is 0 Å². The second kappa shape index (κ2) is 7.82. The van der Waals surface area contributed by atoms with E-state index in [9.17, 15) is 4.79 Å². The first-order chi connectivity index (χ1) is 13.7. The Bertz CT molecular complexity index is 754. The molecule has 0 aliphatic carbocycles. The second-order valence-electron chi connectivity index (χ2n) is 9.60. The third-order valence-electron chi connectivity index (χ3n) is 6.30. The molecule has 1 unspecified atom stereocenters. The molecule has 7 nitrogen and oxygen atoms in total. The molecule has 160 valence electrons. The van der Waals surface area contributed by atoms with Gasteiger partial charge < -0.3 is 19.4 Å². The number of hydrogen-bond donors (Lipinski definition) is 0. The summed E-state index contributed by atoms with van der Waals surface area (Å²) >= 11 is 6.14. The minimum atomic E-state index is -0.467. The summed E-state index contributed by atoms with van der Waals surface area (Å²) in [5, 5.41) is 9.04. The lowest BCUT2D eigenvalue weighted by molar-refractivity contribution is -0.0216. The van der Waals surface area contributed by atoms with Gasteiger partial charge >= 0.3 is 6.09 Å². The molecule has 8 heteroatoms. The van der Waals surface area contributed by atoms with E-state index in [2.05, 4.69) is 27.0 Å². The second-order valence-corrected chi connectivity index (χ2v) is 9.98. The van der Waals surface area contributed by atoms with Gasteiger partial charge in [0.2, 0.25) is 0 Å². The summed E-state index contributed by atoms with van der Waals surface area (Å²) < 4.78 is 5.73. The molecular weight excluding hydrogens is 390 g/mol. The van der Waals surface area contributed by atoms with Crippen molar-refractivity contribution in [3.8, 4) is 0 Å². The van der Waals surface area contributed by atoms with E-state index in [0.717, 1.165) is 56.7 Å². The van der Waals surface area contributed by atoms with Crippen LogP contribution in [0.1, 0.15) is 59.3 Å². The van der Waals surface area contributed by atoms with Crippen LogP contribution < -0.4 is 9.80 Å². The van der Waals surface area contributed by atoms with Crippen LogP contribution in [0.4, 0.5) is 16.3 Å². The Kier molecular flexibility index (Phi) is 5.53. The van der Waals surface area contributed by atoms with Crippen LogP contribution in [0.5, 0.6) is 0 Å². The standard InChI is InChI=1S/C21H32ClN5O2/c1-21(2,3)29-20(28)27-14-7-5-8-15(27)12-16(11-14)26-10-6-9-25(4)17-13-18(22)23-24-19(17)26/h13-16H,5-12H2,1-4H3/t14-,15+,16?. The van der Waals surface area contributed by atoms with Crippen molar-refractivity contribution in [2.24, 2.45) is 0 Å². The van der Waals surface area contributed by atoms with Crippen LogP contribution in [0.15, 0.2) is 6.07 Å². The molecule has 0 N–H and O–H groups in total. The van der Waals surface area contributed by atoms with E-state index < -0.39 is 5.60 Å². The molecule has 3 aliphatic rings. The molecule has 0 saturated carbocycles. The predicted octanol–water partition coefficient (Wildman–Crippen LogP) is 4.10. The smallest absolute Gasteiger partial charge is 0.410 e. The Morgan fingerprint density at radius 2 is 1.79 bits per heavy atom. The molecule has 1 aromatic rings. The van der Waals surface area contributed by atoms with Crippen LogP contribution in [0.3, 0.4) is 0 Å². The number of fused-ring (bicyclic) bond motifs is 3. The lowest BCUT2D eigenvalue weighted by Gasteiger charge is -2.51. The zero-order chi connectivity index (χ0) is 20.8. The molecule has 29 heavy (non-hydrogen) atoms. The highest BCUT2D eigenvalue weighted by atomic mass is 35.5. The zero-order valence-corrected chi connectivity index (χ0v) is 18.7. The summed E-state index contributed by atoms with van der Waals surface area (Å²) in [5.74, 6) is 0.920. The summed E-state index contributed by atoms with van der Waals surface area (Å²) in [6.07, 6.45) is 6.06. The van der Waals surface area contributed by atoms with Gasteiger partial charge in [0.25, 0.3) is 0 Å². The SMILES string of the molecule is CN1CCCN(C2C[C@H]3CCC[C@@H](C2)N3C(=O)OC(C)(C)C)c2nnc(Cl)cc21. The van der Waals surface area contributed by atoms with Crippen molar-refractivity contribution in [2.75, 3.05) is 29.9 Å². The fraction of sp³-hybridized carbons (Fsp3) is 0.762. The summed E-state index contributed by atoms with van der Waals surface area (Å²) in [6, 6.07) is 2.72. The van der Waals surface area contributed by atoms with E-state index in [1.807, 2.05) is 31.7 Å². The van der Waals surface area contributed by atoms with Crippen LogP contribution >= 0.6 is 11.6 Å². The molecule has 1 aromatic heterocycles. The first-order valence-corrected chi connectivity index (χ1v) is 11.1. The lowest BCUT2D eigenvalue weighted by atomic mass is 9.81. The minimum Gasteiger partial charge on any atom is -0.444 e. The van der Waals surface area contributed by atoms with Crippen LogP contribution in [-0.4, -0.2) is 65.1 Å². The molecule has 4 heterocycles. The Morgan fingerprint density at radius 3 is 2.45 bits per heavy atom. The van der Waals surface area contributed by atoms with Crippen molar-refractivity contribution in [1.82, 2.24) is 15.1 Å². The van der Waals surface area contributed by atoms with Gasteiger partial charge in [0.05, 0.1) is 5.69 Å². The van der Waals surface area contributed by atoms with E-state index in [4.69, 9.17) is 16.3 Å². The average molecular weight is 422 g/mol. The monoisotopic (exact) mass is 421 g/mol. The minimum absolute atomic E-state index is 0.159. The van der Waals surface area contributed by atoms with Crippen molar-refractivity contribution in [2.45, 2.75) is 83.0 Å². The summed E-state index contributed by atoms with van der Waals surface area (Å²) in [7, 11) is 2.08. The van der Waals surface area contributed by atoms with Crippen molar-refractivity contribution < 1.29 is 9.53 Å². The number of halogens is 1. The number of carbonyl (C=O) groups is 1. The number of rotatable bonds is 1. The first kappa shape index (κ1) is 20.5. The normalized spacial score (nSPS) is 27.3. The molecular formula is C21H32ClN5O2. The fourth-order valence-corrected chi connectivity index (χ4v) is 5.26. The van der Waals surface area contributed by atoms with Gasteiger partial charge in [-0.25, -0.2) is 4.79 Å². The number of anilines is 2. The summed E-state index contributed by atoms with van der Waals surface area (Å²) in [6.45, 7) is 7.71. The lowest BCUT2D eigenvalue weighted by Crippen LogP contribution is -2.59. The number of carbonyl (C=O) groups excluding carboxylic acids is 1. The van der Waals surface area contributed by atoms with Crippen LogP contribution in [0.25, 0.3) is 0 Å². The molecule has 2 fully saturated rings. The van der Waals surface area contributed by atoms with Gasteiger partial charge in [-0.1, -0.05) is 11.6 Å². The third-order valence-corrected chi connectivity index (χ3v) is 6.48. The van der Waals surface area contributed by atoms with Gasteiger partial charge in [-0.3, -0.25) is 0 Å². The maximum atomic E-state index is 12.9. The topological polar surface area (TPSA) is 61.8 Å². The van der Waals surface area contributed by atoms with Gasteiger partial charge in [0.15, 0.2) is 11.0 Å². The van der Waals surface area contributed by atoms with E-state index >= 15 is 0 Å². The van der Waals surface area contributed by atoms with Gasteiger partial charge in [0, 0.05) is 44.3 Å². The van der Waals surface area contributed by atoms with E-state index in [1.54, 1.807) is 0 Å². The molecule has 0 aromatic carbocycles. The first-order valence-electron chi connectivity index (χ1n) is 10.8. The van der Waals surface area contributed by atoms with Crippen LogP contribution in [0, 0.1) is 0 Å². The fourth-order valence-electron chi connectivity index (χ4n) is 5.12. The van der Waals surface area contributed by atoms with Crippen LogP contribution in [0.2, 0.25) is 5.15 Å². The van der Waals surface area contributed by atoms with Gasteiger partial charge in [0.1, 0.15) is 5.60 Å². The van der Waals surface area contributed by atoms with Crippen LogP contribution in [-0.2, 0) is 4.74 Å². The maximum absolute atomic E-state index is 12.9. The van der Waals surface area contributed by atoms with E-state index in [-0.39, 0.29) is 18.2 Å². The molecule has 3 aliphatic heterocycles. The molecule has 3 atom stereocenters. The quantitative estimate of drug-likeness (QED) is 0.680. The summed E-state index contributed by atoms with van der Waals surface area (Å²) in [4.78, 5) is 19.6. The predicted molar refractivity (Wildman–Crippen MR) is 115 cm³/mol. The zero-order valence-electron chi connectivity index (χ0n) is 17.9. The highest BCUT2D eigenvalue weighted by Gasteiger charge is 2.44. The molecule has 0 spiro atoms. The number of aromatic nitrogens is 2. The van der Waals surface area contributed by atoms with Gasteiger partial charge in [-0.05, 0) is 59.3 Å². The van der Waals surface area contributed by atoms with E-state index in [0.29, 0.717) is 11.2 Å². The van der Waals surface area contributed by atoms with Gasteiger partial charge in [-0.2, -0.15) is 0 Å².